The smallest absolute Gasteiger partial charge is 0.245 e. The lowest BCUT2D eigenvalue weighted by atomic mass is 10.2. The molecule has 1 heterocycles. The van der Waals surface area contributed by atoms with Crippen LogP contribution in [0.5, 0.6) is 0 Å². The zero-order chi connectivity index (χ0) is 17.4. The second-order valence-electron chi connectivity index (χ2n) is 5.93. The molecule has 6 nitrogen and oxygen atoms in total. The fourth-order valence-electron chi connectivity index (χ4n) is 2.10. The molecule has 0 saturated carbocycles. The first kappa shape index (κ1) is 19.6. The number of amides is 2. The first-order valence-electron chi connectivity index (χ1n) is 7.99. The van der Waals surface area contributed by atoms with Crippen molar-refractivity contribution < 1.29 is 9.59 Å². The Kier molecular flexibility index (Phi) is 8.19. The maximum absolute atomic E-state index is 12.2. The summed E-state index contributed by atoms with van der Waals surface area (Å²) in [4.78, 5) is 33.5. The number of nitrogens with zero attached hydrogens (tertiary/aromatic N) is 3. The van der Waals surface area contributed by atoms with Gasteiger partial charge in [-0.2, -0.15) is 0 Å². The van der Waals surface area contributed by atoms with Crippen LogP contribution in [0, 0.1) is 13.8 Å². The molecule has 0 unspecified atom stereocenters. The number of aromatic nitrogens is 1. The molecular weight excluding hydrogens is 312 g/mol. The molecule has 130 valence electrons. The lowest BCUT2D eigenvalue weighted by Gasteiger charge is -2.22. The average molecular weight is 340 g/mol. The minimum Gasteiger partial charge on any atom is -0.333 e. The third-order valence-electron chi connectivity index (χ3n) is 3.46. The fourth-order valence-corrected chi connectivity index (χ4v) is 2.93. The zero-order valence-electron chi connectivity index (χ0n) is 14.8. The second-order valence-corrected chi connectivity index (χ2v) is 7.13. The molecule has 1 rings (SSSR count). The Hall–Kier alpha value is -1.47. The van der Waals surface area contributed by atoms with Gasteiger partial charge in [-0.05, 0) is 47.3 Å². The number of nitrogens with one attached hydrogen (secondary N) is 1. The van der Waals surface area contributed by atoms with Crippen LogP contribution in [0.1, 0.15) is 36.8 Å². The summed E-state index contributed by atoms with van der Waals surface area (Å²) in [5.74, 6) is -0.152. The summed E-state index contributed by atoms with van der Waals surface area (Å²) in [6.45, 7) is 7.44. The lowest BCUT2D eigenvalue weighted by Crippen LogP contribution is -2.39. The largest absolute Gasteiger partial charge is 0.333 e. The standard InChI is InChI=1S/C16H28N4O2S/c1-6-8-15(22)20(10-7-9-19(4)5)11-14(21)18-16-17-12(2)13(3)23-16/h6-11H2,1-5H3,(H,17,18,21). The van der Waals surface area contributed by atoms with Crippen molar-refractivity contribution in [3.8, 4) is 0 Å². The number of rotatable bonds is 9. The first-order valence-corrected chi connectivity index (χ1v) is 8.81. The summed E-state index contributed by atoms with van der Waals surface area (Å²) < 4.78 is 0. The van der Waals surface area contributed by atoms with Crippen LogP contribution in [0.15, 0.2) is 0 Å². The Morgan fingerprint density at radius 1 is 1.22 bits per heavy atom. The lowest BCUT2D eigenvalue weighted by molar-refractivity contribution is -0.134. The maximum Gasteiger partial charge on any atom is 0.245 e. The molecule has 0 fully saturated rings. The van der Waals surface area contributed by atoms with Crippen molar-refractivity contribution in [2.24, 2.45) is 0 Å². The minimum atomic E-state index is -0.187. The molecule has 0 radical (unpaired) electrons. The van der Waals surface area contributed by atoms with Gasteiger partial charge in [-0.1, -0.05) is 6.92 Å². The zero-order valence-corrected chi connectivity index (χ0v) is 15.6. The van der Waals surface area contributed by atoms with Crippen molar-refractivity contribution in [2.75, 3.05) is 39.0 Å². The first-order chi connectivity index (χ1) is 10.8. The topological polar surface area (TPSA) is 65.5 Å². The van der Waals surface area contributed by atoms with Crippen molar-refractivity contribution in [1.82, 2.24) is 14.8 Å². The van der Waals surface area contributed by atoms with Crippen molar-refractivity contribution in [2.45, 2.75) is 40.0 Å². The number of carbonyl (C=O) groups is 2. The number of anilines is 1. The van der Waals surface area contributed by atoms with Gasteiger partial charge in [-0.25, -0.2) is 4.98 Å². The Bertz CT molecular complexity index is 509. The quantitative estimate of drug-likeness (QED) is 0.749. The number of thiazole rings is 1. The van der Waals surface area contributed by atoms with Gasteiger partial charge in [0.05, 0.1) is 12.2 Å². The van der Waals surface area contributed by atoms with Crippen LogP contribution in [-0.2, 0) is 9.59 Å². The van der Waals surface area contributed by atoms with E-state index >= 15 is 0 Å². The predicted molar refractivity (Wildman–Crippen MR) is 94.9 cm³/mol. The summed E-state index contributed by atoms with van der Waals surface area (Å²) in [6, 6.07) is 0. The summed E-state index contributed by atoms with van der Waals surface area (Å²) >= 11 is 1.46. The van der Waals surface area contributed by atoms with Gasteiger partial charge in [0.15, 0.2) is 5.13 Å². The van der Waals surface area contributed by atoms with Gasteiger partial charge in [0.2, 0.25) is 11.8 Å². The molecule has 7 heteroatoms. The molecule has 0 aliphatic carbocycles. The van der Waals surface area contributed by atoms with E-state index in [-0.39, 0.29) is 18.4 Å². The van der Waals surface area contributed by atoms with Crippen LogP contribution in [0.25, 0.3) is 0 Å². The van der Waals surface area contributed by atoms with E-state index in [4.69, 9.17) is 0 Å². The highest BCUT2D eigenvalue weighted by Gasteiger charge is 2.17. The Morgan fingerprint density at radius 2 is 1.91 bits per heavy atom. The molecule has 0 atom stereocenters. The third-order valence-corrected chi connectivity index (χ3v) is 4.45. The van der Waals surface area contributed by atoms with E-state index in [9.17, 15) is 9.59 Å². The van der Waals surface area contributed by atoms with E-state index in [2.05, 4.69) is 15.2 Å². The van der Waals surface area contributed by atoms with E-state index in [1.165, 1.54) is 11.3 Å². The van der Waals surface area contributed by atoms with Crippen LogP contribution in [-0.4, -0.2) is 60.3 Å². The molecule has 1 aromatic heterocycles. The van der Waals surface area contributed by atoms with E-state index < -0.39 is 0 Å². The Morgan fingerprint density at radius 3 is 2.43 bits per heavy atom. The van der Waals surface area contributed by atoms with E-state index in [0.717, 1.165) is 30.0 Å². The number of hydrogen-bond donors (Lipinski definition) is 1. The van der Waals surface area contributed by atoms with Crippen LogP contribution in [0.3, 0.4) is 0 Å². The predicted octanol–water partition coefficient (Wildman–Crippen LogP) is 2.28. The monoisotopic (exact) mass is 340 g/mol. The van der Waals surface area contributed by atoms with Gasteiger partial charge in [0, 0.05) is 17.8 Å². The summed E-state index contributed by atoms with van der Waals surface area (Å²) in [6.07, 6.45) is 2.12. The van der Waals surface area contributed by atoms with Gasteiger partial charge in [-0.15, -0.1) is 11.3 Å². The molecule has 0 bridgehead atoms. The van der Waals surface area contributed by atoms with Gasteiger partial charge in [-0.3, -0.25) is 9.59 Å². The van der Waals surface area contributed by atoms with Crippen molar-refractivity contribution in [1.29, 1.82) is 0 Å². The van der Waals surface area contributed by atoms with Gasteiger partial charge < -0.3 is 15.1 Å². The van der Waals surface area contributed by atoms with Crippen molar-refractivity contribution in [3.05, 3.63) is 10.6 Å². The summed E-state index contributed by atoms with van der Waals surface area (Å²) in [5, 5.41) is 3.39. The van der Waals surface area contributed by atoms with Gasteiger partial charge in [0.25, 0.3) is 0 Å². The molecule has 0 saturated heterocycles. The van der Waals surface area contributed by atoms with Crippen LogP contribution in [0.4, 0.5) is 5.13 Å². The van der Waals surface area contributed by atoms with Crippen LogP contribution in [0.2, 0.25) is 0 Å². The van der Waals surface area contributed by atoms with Crippen molar-refractivity contribution >= 4 is 28.3 Å². The highest BCUT2D eigenvalue weighted by molar-refractivity contribution is 7.15. The van der Waals surface area contributed by atoms with E-state index in [1.807, 2.05) is 34.9 Å². The molecule has 0 aliphatic rings. The van der Waals surface area contributed by atoms with Crippen molar-refractivity contribution in [3.63, 3.8) is 0 Å². The second kappa shape index (κ2) is 9.62. The number of hydrogen-bond acceptors (Lipinski definition) is 5. The Balaban J connectivity index is 2.59. The van der Waals surface area contributed by atoms with Gasteiger partial charge >= 0.3 is 0 Å². The number of carbonyl (C=O) groups excluding carboxylic acids is 2. The minimum absolute atomic E-state index is 0.0351. The molecule has 0 aliphatic heterocycles. The summed E-state index contributed by atoms with van der Waals surface area (Å²) in [7, 11) is 4.00. The molecule has 23 heavy (non-hydrogen) atoms. The van der Waals surface area contributed by atoms with Crippen LogP contribution >= 0.6 is 11.3 Å². The maximum atomic E-state index is 12.2. The average Bonchev–Trinajstić information content (AvgIpc) is 2.75. The summed E-state index contributed by atoms with van der Waals surface area (Å²) in [5.41, 5.74) is 0.926. The number of aryl methyl sites for hydroxylation is 2. The third kappa shape index (κ3) is 7.09. The van der Waals surface area contributed by atoms with E-state index in [0.29, 0.717) is 18.1 Å². The highest BCUT2D eigenvalue weighted by Crippen LogP contribution is 2.20. The fraction of sp³-hybridized carbons (Fsp3) is 0.688. The SMILES string of the molecule is CCCC(=O)N(CCCN(C)C)CC(=O)Nc1nc(C)c(C)s1. The molecule has 1 N–H and O–H groups in total. The highest BCUT2D eigenvalue weighted by atomic mass is 32.1. The normalized spacial score (nSPS) is 10.9. The molecule has 0 spiro atoms. The van der Waals surface area contributed by atoms with Crippen LogP contribution < -0.4 is 5.32 Å². The molecular formula is C16H28N4O2S. The molecule has 2 amide bonds. The Labute approximate surface area is 142 Å². The molecule has 1 aromatic rings. The van der Waals surface area contributed by atoms with E-state index in [1.54, 1.807) is 4.90 Å². The van der Waals surface area contributed by atoms with Gasteiger partial charge in [0.1, 0.15) is 0 Å². The molecule has 0 aromatic carbocycles.